The van der Waals surface area contributed by atoms with E-state index in [1.807, 2.05) is 0 Å². The highest BCUT2D eigenvalue weighted by Crippen LogP contribution is 2.20. The molecule has 20 heavy (non-hydrogen) atoms. The smallest absolute Gasteiger partial charge is 0.337 e. The van der Waals surface area contributed by atoms with Gasteiger partial charge in [0.2, 0.25) is 0 Å². The van der Waals surface area contributed by atoms with Gasteiger partial charge < -0.3 is 15.7 Å². The molecular weight excluding hydrogens is 270 g/mol. The lowest BCUT2D eigenvalue weighted by molar-refractivity contribution is 0.0697. The van der Waals surface area contributed by atoms with Crippen molar-refractivity contribution in [1.29, 1.82) is 0 Å². The molecular formula is C13H12F2N2O3. The molecule has 7 heteroatoms. The number of carbonyl (C=O) groups is 2. The summed E-state index contributed by atoms with van der Waals surface area (Å²) < 4.78 is 26.1. The van der Waals surface area contributed by atoms with Crippen LogP contribution in [0.25, 0.3) is 0 Å². The number of nitrogens with one attached hydrogen (secondary N) is 2. The highest BCUT2D eigenvalue weighted by atomic mass is 19.2. The molecule has 0 saturated heterocycles. The molecule has 0 aliphatic carbocycles. The SMILES string of the molecule is C#CC(CC)NC(=O)Nc1cc(F)c(F)cc1C(=O)O. The summed E-state index contributed by atoms with van der Waals surface area (Å²) in [6, 6.07) is -0.266. The molecule has 1 atom stereocenters. The molecule has 2 amide bonds. The van der Waals surface area contributed by atoms with E-state index in [0.29, 0.717) is 18.6 Å². The van der Waals surface area contributed by atoms with Gasteiger partial charge in [0.25, 0.3) is 0 Å². The Balaban J connectivity index is 2.97. The monoisotopic (exact) mass is 282 g/mol. The predicted octanol–water partition coefficient (Wildman–Crippen LogP) is 2.20. The number of hydrogen-bond donors (Lipinski definition) is 3. The Morgan fingerprint density at radius 1 is 1.40 bits per heavy atom. The minimum atomic E-state index is -1.50. The third-order valence-electron chi connectivity index (χ3n) is 2.45. The molecule has 0 aliphatic rings. The van der Waals surface area contributed by atoms with Gasteiger partial charge in [-0.05, 0) is 12.5 Å². The molecule has 0 spiro atoms. The molecule has 0 heterocycles. The highest BCUT2D eigenvalue weighted by molar-refractivity contribution is 6.00. The van der Waals surface area contributed by atoms with E-state index < -0.39 is 35.2 Å². The number of amides is 2. The average molecular weight is 282 g/mol. The zero-order chi connectivity index (χ0) is 15.3. The van der Waals surface area contributed by atoms with Crippen molar-refractivity contribution in [3.8, 4) is 12.3 Å². The first kappa shape index (κ1) is 15.4. The number of aromatic carboxylic acids is 1. The largest absolute Gasteiger partial charge is 0.478 e. The number of rotatable bonds is 4. The van der Waals surface area contributed by atoms with Gasteiger partial charge in [-0.2, -0.15) is 0 Å². The van der Waals surface area contributed by atoms with Crippen molar-refractivity contribution in [2.75, 3.05) is 5.32 Å². The molecule has 0 bridgehead atoms. The van der Waals surface area contributed by atoms with E-state index >= 15 is 0 Å². The number of carboxylic acid groups (broad SMARTS) is 1. The fourth-order valence-corrected chi connectivity index (χ4v) is 1.41. The van der Waals surface area contributed by atoms with Crippen LogP contribution in [-0.4, -0.2) is 23.1 Å². The molecule has 0 radical (unpaired) electrons. The Bertz CT molecular complexity index is 582. The maximum atomic E-state index is 13.1. The van der Waals surface area contributed by atoms with Crippen LogP contribution in [-0.2, 0) is 0 Å². The minimum absolute atomic E-state index is 0.360. The predicted molar refractivity (Wildman–Crippen MR) is 68.4 cm³/mol. The summed E-state index contributed by atoms with van der Waals surface area (Å²) in [7, 11) is 0. The zero-order valence-electron chi connectivity index (χ0n) is 10.5. The second-order valence-corrected chi connectivity index (χ2v) is 3.84. The molecule has 1 aromatic carbocycles. The summed E-state index contributed by atoms with van der Waals surface area (Å²) in [5, 5.41) is 13.4. The quantitative estimate of drug-likeness (QED) is 0.741. The number of carbonyl (C=O) groups excluding carboxylic acids is 1. The van der Waals surface area contributed by atoms with E-state index in [-0.39, 0.29) is 5.69 Å². The molecule has 0 fully saturated rings. The first-order valence-electron chi connectivity index (χ1n) is 5.65. The molecule has 0 saturated carbocycles. The van der Waals surface area contributed by atoms with Gasteiger partial charge in [0.1, 0.15) is 0 Å². The van der Waals surface area contributed by atoms with Crippen molar-refractivity contribution in [3.63, 3.8) is 0 Å². The van der Waals surface area contributed by atoms with Crippen LogP contribution in [0.3, 0.4) is 0 Å². The molecule has 106 valence electrons. The van der Waals surface area contributed by atoms with E-state index in [1.54, 1.807) is 6.92 Å². The first-order chi connectivity index (χ1) is 9.38. The number of anilines is 1. The number of carboxylic acids is 1. The molecule has 1 rings (SSSR count). The molecule has 1 unspecified atom stereocenters. The van der Waals surface area contributed by atoms with E-state index in [2.05, 4.69) is 16.6 Å². The Morgan fingerprint density at radius 2 is 2.00 bits per heavy atom. The fraction of sp³-hybridized carbons (Fsp3) is 0.231. The van der Waals surface area contributed by atoms with Crippen molar-refractivity contribution >= 4 is 17.7 Å². The minimum Gasteiger partial charge on any atom is -0.478 e. The van der Waals surface area contributed by atoms with Crippen LogP contribution in [0.5, 0.6) is 0 Å². The van der Waals surface area contributed by atoms with Gasteiger partial charge in [0, 0.05) is 6.07 Å². The number of halogens is 2. The maximum absolute atomic E-state index is 13.1. The van der Waals surface area contributed by atoms with Gasteiger partial charge in [0.15, 0.2) is 11.6 Å². The molecule has 0 aliphatic heterocycles. The summed E-state index contributed by atoms with van der Waals surface area (Å²) in [5.41, 5.74) is -0.923. The lowest BCUT2D eigenvalue weighted by Gasteiger charge is -2.13. The van der Waals surface area contributed by atoms with Gasteiger partial charge >= 0.3 is 12.0 Å². The van der Waals surface area contributed by atoms with E-state index in [4.69, 9.17) is 11.5 Å². The number of benzene rings is 1. The Hall–Kier alpha value is -2.62. The second-order valence-electron chi connectivity index (χ2n) is 3.84. The second kappa shape index (κ2) is 6.52. The summed E-state index contributed by atoms with van der Waals surface area (Å²) in [6.07, 6.45) is 5.62. The number of hydrogen-bond acceptors (Lipinski definition) is 2. The van der Waals surface area contributed by atoms with E-state index in [0.717, 1.165) is 0 Å². The van der Waals surface area contributed by atoms with Crippen LogP contribution >= 0.6 is 0 Å². The van der Waals surface area contributed by atoms with Crippen molar-refractivity contribution in [3.05, 3.63) is 29.3 Å². The highest BCUT2D eigenvalue weighted by Gasteiger charge is 2.17. The zero-order valence-corrected chi connectivity index (χ0v) is 10.5. The molecule has 5 nitrogen and oxygen atoms in total. The number of terminal acetylenes is 1. The fourth-order valence-electron chi connectivity index (χ4n) is 1.41. The van der Waals surface area contributed by atoms with Crippen molar-refractivity contribution < 1.29 is 23.5 Å². The van der Waals surface area contributed by atoms with Gasteiger partial charge in [-0.1, -0.05) is 12.8 Å². The summed E-state index contributed by atoms with van der Waals surface area (Å²) in [6.45, 7) is 1.74. The summed E-state index contributed by atoms with van der Waals surface area (Å²) in [4.78, 5) is 22.5. The lowest BCUT2D eigenvalue weighted by atomic mass is 10.1. The normalized spacial score (nSPS) is 11.3. The van der Waals surface area contributed by atoms with Gasteiger partial charge in [-0.15, -0.1) is 6.42 Å². The van der Waals surface area contributed by atoms with Crippen molar-refractivity contribution in [2.24, 2.45) is 0 Å². The van der Waals surface area contributed by atoms with Crippen LogP contribution in [0, 0.1) is 24.0 Å². The third kappa shape index (κ3) is 3.68. The topological polar surface area (TPSA) is 78.4 Å². The van der Waals surface area contributed by atoms with E-state index in [9.17, 15) is 18.4 Å². The van der Waals surface area contributed by atoms with Crippen LogP contribution in [0.15, 0.2) is 12.1 Å². The Labute approximate surface area is 114 Å². The summed E-state index contributed by atoms with van der Waals surface area (Å²) in [5.74, 6) is -1.78. The van der Waals surface area contributed by atoms with Crippen molar-refractivity contribution in [2.45, 2.75) is 19.4 Å². The van der Waals surface area contributed by atoms with Crippen LogP contribution in [0.2, 0.25) is 0 Å². The van der Waals surface area contributed by atoms with Gasteiger partial charge in [-0.3, -0.25) is 0 Å². The molecule has 1 aromatic rings. The first-order valence-corrected chi connectivity index (χ1v) is 5.65. The van der Waals surface area contributed by atoms with Crippen LogP contribution in [0.1, 0.15) is 23.7 Å². The Kier molecular flexibility index (Phi) is 5.03. The van der Waals surface area contributed by atoms with Crippen LogP contribution < -0.4 is 10.6 Å². The Morgan fingerprint density at radius 3 is 2.50 bits per heavy atom. The van der Waals surface area contributed by atoms with Crippen LogP contribution in [0.4, 0.5) is 19.3 Å². The van der Waals surface area contributed by atoms with Crippen molar-refractivity contribution in [1.82, 2.24) is 5.32 Å². The number of urea groups is 1. The standard InChI is InChI=1S/C13H12F2N2O3/c1-3-7(4-2)16-13(20)17-11-6-10(15)9(14)5-8(11)12(18)19/h1,5-7H,4H2,2H3,(H,18,19)(H2,16,17,20). The van der Waals surface area contributed by atoms with Gasteiger partial charge in [0.05, 0.1) is 17.3 Å². The van der Waals surface area contributed by atoms with Gasteiger partial charge in [-0.25, -0.2) is 18.4 Å². The average Bonchev–Trinajstić information content (AvgIpc) is 2.39. The maximum Gasteiger partial charge on any atom is 0.337 e. The van der Waals surface area contributed by atoms with E-state index in [1.165, 1.54) is 0 Å². The molecule has 0 aromatic heterocycles. The third-order valence-corrected chi connectivity index (χ3v) is 2.45. The summed E-state index contributed by atoms with van der Waals surface area (Å²) >= 11 is 0. The lowest BCUT2D eigenvalue weighted by Crippen LogP contribution is -2.37. The molecule has 3 N–H and O–H groups in total.